The third kappa shape index (κ3) is 5.47. The second-order valence-electron chi connectivity index (χ2n) is 6.10. The maximum Gasteiger partial charge on any atom is 0.225 e. The first kappa shape index (κ1) is 18.3. The minimum absolute atomic E-state index is 0.00158. The zero-order valence-electron chi connectivity index (χ0n) is 15.0. The van der Waals surface area contributed by atoms with Crippen LogP contribution in [0.5, 0.6) is 0 Å². The average Bonchev–Trinajstić information content (AvgIpc) is 2.69. The summed E-state index contributed by atoms with van der Waals surface area (Å²) in [6.45, 7) is 1.52. The molecule has 3 aromatic rings. The Bertz CT molecular complexity index is 924. The lowest BCUT2D eigenvalue weighted by atomic mass is 10.1. The fourth-order valence-electron chi connectivity index (χ4n) is 2.54. The number of carbonyl (C=O) groups excluding carboxylic acids is 2. The van der Waals surface area contributed by atoms with E-state index in [4.69, 9.17) is 0 Å². The molecule has 1 amide bonds. The lowest BCUT2D eigenvalue weighted by Crippen LogP contribution is -2.14. The van der Waals surface area contributed by atoms with Crippen molar-refractivity contribution in [3.05, 3.63) is 77.9 Å². The zero-order chi connectivity index (χ0) is 19.1. The number of benzene rings is 2. The molecule has 0 unspecified atom stereocenters. The van der Waals surface area contributed by atoms with E-state index in [1.165, 1.54) is 6.92 Å². The number of aromatic nitrogens is 2. The monoisotopic (exact) mass is 360 g/mol. The van der Waals surface area contributed by atoms with Gasteiger partial charge in [0.15, 0.2) is 17.4 Å². The highest BCUT2D eigenvalue weighted by atomic mass is 16.1. The Morgan fingerprint density at radius 3 is 2.33 bits per heavy atom. The van der Waals surface area contributed by atoms with Gasteiger partial charge in [-0.25, -0.2) is 0 Å². The van der Waals surface area contributed by atoms with E-state index >= 15 is 0 Å². The predicted octanol–water partition coefficient (Wildman–Crippen LogP) is 3.99. The molecule has 6 heteroatoms. The Morgan fingerprint density at radius 1 is 0.889 bits per heavy atom. The van der Waals surface area contributed by atoms with Gasteiger partial charge in [0, 0.05) is 17.7 Å². The number of ketones is 1. The molecule has 0 atom stereocenters. The van der Waals surface area contributed by atoms with Crippen LogP contribution in [0.1, 0.15) is 29.3 Å². The van der Waals surface area contributed by atoms with Crippen LogP contribution in [0, 0.1) is 0 Å². The highest BCUT2D eigenvalue weighted by molar-refractivity contribution is 5.95. The summed E-state index contributed by atoms with van der Waals surface area (Å²) in [6.07, 6.45) is 1.05. The summed E-state index contributed by atoms with van der Waals surface area (Å²) >= 11 is 0. The summed E-state index contributed by atoms with van der Waals surface area (Å²) in [6, 6.07) is 20.4. The van der Waals surface area contributed by atoms with Gasteiger partial charge in [-0.2, -0.15) is 0 Å². The summed E-state index contributed by atoms with van der Waals surface area (Å²) in [7, 11) is 0. The molecule has 0 aliphatic rings. The maximum absolute atomic E-state index is 12.0. The van der Waals surface area contributed by atoms with Crippen LogP contribution in [0.4, 0.5) is 17.3 Å². The quantitative estimate of drug-likeness (QED) is 0.622. The molecule has 6 nitrogen and oxygen atoms in total. The molecule has 0 aliphatic carbocycles. The van der Waals surface area contributed by atoms with Crippen molar-refractivity contribution in [2.45, 2.75) is 19.8 Å². The van der Waals surface area contributed by atoms with Crippen molar-refractivity contribution in [3.63, 3.8) is 0 Å². The summed E-state index contributed by atoms with van der Waals surface area (Å²) in [5.74, 6) is 0.815. The number of hydrogen-bond acceptors (Lipinski definition) is 5. The van der Waals surface area contributed by atoms with Gasteiger partial charge in [-0.05, 0) is 43.2 Å². The van der Waals surface area contributed by atoms with Crippen LogP contribution in [-0.2, 0) is 11.2 Å². The van der Waals surface area contributed by atoms with Crippen LogP contribution >= 0.6 is 0 Å². The van der Waals surface area contributed by atoms with Gasteiger partial charge in [0.05, 0.1) is 0 Å². The SMILES string of the molecule is CC(=O)c1cccc(Nc2ccc(NC(=O)CCc3ccccc3)nn2)c1. The topological polar surface area (TPSA) is 84.0 Å². The van der Waals surface area contributed by atoms with Gasteiger partial charge < -0.3 is 10.6 Å². The van der Waals surface area contributed by atoms with E-state index in [1.807, 2.05) is 36.4 Å². The van der Waals surface area contributed by atoms with Crippen molar-refractivity contribution in [1.29, 1.82) is 0 Å². The number of rotatable bonds is 7. The molecule has 0 spiro atoms. The van der Waals surface area contributed by atoms with E-state index in [0.29, 0.717) is 30.0 Å². The van der Waals surface area contributed by atoms with Crippen LogP contribution in [0.2, 0.25) is 0 Å². The molecule has 2 N–H and O–H groups in total. The third-order valence-corrected chi connectivity index (χ3v) is 3.96. The van der Waals surface area contributed by atoms with E-state index in [9.17, 15) is 9.59 Å². The van der Waals surface area contributed by atoms with Crippen molar-refractivity contribution in [2.24, 2.45) is 0 Å². The summed E-state index contributed by atoms with van der Waals surface area (Å²) in [5.41, 5.74) is 2.48. The van der Waals surface area contributed by atoms with E-state index in [2.05, 4.69) is 20.8 Å². The number of nitrogens with zero attached hydrogens (tertiary/aromatic N) is 2. The number of hydrogen-bond donors (Lipinski definition) is 2. The molecule has 0 radical (unpaired) electrons. The number of nitrogens with one attached hydrogen (secondary N) is 2. The molecule has 0 saturated carbocycles. The minimum atomic E-state index is -0.108. The molecular formula is C21H20N4O2. The maximum atomic E-state index is 12.0. The second-order valence-corrected chi connectivity index (χ2v) is 6.10. The molecule has 1 heterocycles. The number of anilines is 3. The Labute approximate surface area is 157 Å². The van der Waals surface area contributed by atoms with E-state index < -0.39 is 0 Å². The minimum Gasteiger partial charge on any atom is -0.339 e. The van der Waals surface area contributed by atoms with Crippen LogP contribution in [0.3, 0.4) is 0 Å². The van der Waals surface area contributed by atoms with Gasteiger partial charge in [-0.1, -0.05) is 42.5 Å². The zero-order valence-corrected chi connectivity index (χ0v) is 15.0. The first-order valence-electron chi connectivity index (χ1n) is 8.66. The Hall–Kier alpha value is -3.54. The fourth-order valence-corrected chi connectivity index (χ4v) is 2.54. The highest BCUT2D eigenvalue weighted by Crippen LogP contribution is 2.17. The number of amides is 1. The molecule has 0 fully saturated rings. The molecule has 0 bridgehead atoms. The smallest absolute Gasteiger partial charge is 0.225 e. The molecule has 2 aromatic carbocycles. The molecule has 0 aliphatic heterocycles. The Kier molecular flexibility index (Phi) is 5.89. The van der Waals surface area contributed by atoms with Gasteiger partial charge in [-0.3, -0.25) is 9.59 Å². The lowest BCUT2D eigenvalue weighted by molar-refractivity contribution is -0.116. The number of carbonyl (C=O) groups is 2. The van der Waals surface area contributed by atoms with Crippen molar-refractivity contribution >= 4 is 29.0 Å². The summed E-state index contributed by atoms with van der Waals surface area (Å²) in [4.78, 5) is 23.5. The standard InChI is InChI=1S/C21H20N4O2/c1-15(26)17-8-5-9-18(14-17)22-19-11-12-20(25-24-19)23-21(27)13-10-16-6-3-2-4-7-16/h2-9,11-12,14H,10,13H2,1H3,(H,22,24)(H,23,25,27). The van der Waals surface area contributed by atoms with Crippen LogP contribution in [0.15, 0.2) is 66.7 Å². The van der Waals surface area contributed by atoms with Crippen molar-refractivity contribution in [2.75, 3.05) is 10.6 Å². The Morgan fingerprint density at radius 2 is 1.63 bits per heavy atom. The molecule has 0 saturated heterocycles. The van der Waals surface area contributed by atoms with E-state index in [-0.39, 0.29) is 11.7 Å². The summed E-state index contributed by atoms with van der Waals surface area (Å²) in [5, 5.41) is 13.9. The van der Waals surface area contributed by atoms with Crippen molar-refractivity contribution < 1.29 is 9.59 Å². The molecule has 3 rings (SSSR count). The van der Waals surface area contributed by atoms with E-state index in [0.717, 1.165) is 11.3 Å². The van der Waals surface area contributed by atoms with Gasteiger partial charge in [0.1, 0.15) is 0 Å². The van der Waals surface area contributed by atoms with Gasteiger partial charge in [-0.15, -0.1) is 10.2 Å². The molecule has 27 heavy (non-hydrogen) atoms. The normalized spacial score (nSPS) is 10.3. The highest BCUT2D eigenvalue weighted by Gasteiger charge is 2.06. The lowest BCUT2D eigenvalue weighted by Gasteiger charge is -2.08. The van der Waals surface area contributed by atoms with Crippen LogP contribution in [-0.4, -0.2) is 21.9 Å². The number of aryl methyl sites for hydroxylation is 1. The fraction of sp³-hybridized carbons (Fsp3) is 0.143. The van der Waals surface area contributed by atoms with Crippen molar-refractivity contribution in [1.82, 2.24) is 10.2 Å². The average molecular weight is 360 g/mol. The Balaban J connectivity index is 1.54. The van der Waals surface area contributed by atoms with Gasteiger partial charge in [0.25, 0.3) is 0 Å². The third-order valence-electron chi connectivity index (χ3n) is 3.96. The largest absolute Gasteiger partial charge is 0.339 e. The molecule has 136 valence electrons. The van der Waals surface area contributed by atoms with Gasteiger partial charge in [0.2, 0.25) is 5.91 Å². The predicted molar refractivity (Wildman–Crippen MR) is 105 cm³/mol. The van der Waals surface area contributed by atoms with Crippen molar-refractivity contribution in [3.8, 4) is 0 Å². The number of Topliss-reactive ketones (excluding diaryl/α,β-unsaturated/α-hetero) is 1. The van der Waals surface area contributed by atoms with Gasteiger partial charge >= 0.3 is 0 Å². The van der Waals surface area contributed by atoms with Crippen LogP contribution < -0.4 is 10.6 Å². The first-order valence-corrected chi connectivity index (χ1v) is 8.66. The molecular weight excluding hydrogens is 340 g/mol. The second kappa shape index (κ2) is 8.71. The molecule has 1 aromatic heterocycles. The summed E-state index contributed by atoms with van der Waals surface area (Å²) < 4.78 is 0. The first-order chi connectivity index (χ1) is 13.1. The van der Waals surface area contributed by atoms with Crippen LogP contribution in [0.25, 0.3) is 0 Å². The van der Waals surface area contributed by atoms with E-state index in [1.54, 1.807) is 30.3 Å².